The number of hydrogen-bond acceptors (Lipinski definition) is 5. The second-order valence-corrected chi connectivity index (χ2v) is 7.27. The number of nitrogens with zero attached hydrogens (tertiary/aromatic N) is 2. The van der Waals surface area contributed by atoms with Crippen molar-refractivity contribution in [2.75, 3.05) is 27.2 Å². The minimum atomic E-state index is -0.232. The second kappa shape index (κ2) is 8.64. The van der Waals surface area contributed by atoms with Gasteiger partial charge in [-0.05, 0) is 24.3 Å². The van der Waals surface area contributed by atoms with E-state index in [9.17, 15) is 9.59 Å². The first-order valence-corrected chi connectivity index (χ1v) is 9.41. The lowest BCUT2D eigenvalue weighted by molar-refractivity contribution is -0.130. The van der Waals surface area contributed by atoms with Crippen LogP contribution in [-0.2, 0) is 11.2 Å². The van der Waals surface area contributed by atoms with Gasteiger partial charge in [0.25, 0.3) is 11.8 Å². The van der Waals surface area contributed by atoms with E-state index in [-0.39, 0.29) is 18.4 Å². The summed E-state index contributed by atoms with van der Waals surface area (Å²) in [4.78, 5) is 30.2. The highest BCUT2D eigenvalue weighted by atomic mass is 32.1. The van der Waals surface area contributed by atoms with Crippen molar-refractivity contribution in [3.8, 4) is 5.75 Å². The molecule has 7 heteroatoms. The molecule has 0 aliphatic carbocycles. The number of carbonyl (C=O) groups is 2. The summed E-state index contributed by atoms with van der Waals surface area (Å²) in [6, 6.07) is 14.9. The van der Waals surface area contributed by atoms with E-state index >= 15 is 0 Å². The maximum Gasteiger partial charge on any atom is 0.259 e. The molecule has 1 N–H and O–H groups in total. The number of para-hydroxylation sites is 2. The fraction of sp³-hybridized carbons (Fsp3) is 0.250. The van der Waals surface area contributed by atoms with Crippen LogP contribution in [0.5, 0.6) is 5.75 Å². The Morgan fingerprint density at radius 3 is 2.63 bits per heavy atom. The predicted octanol–water partition coefficient (Wildman–Crippen LogP) is 2.74. The number of nitrogens with one attached hydrogen (secondary N) is 1. The summed E-state index contributed by atoms with van der Waals surface area (Å²) in [6.07, 6.45) is 0.660. The topological polar surface area (TPSA) is 71.5 Å². The number of rotatable bonds is 7. The number of likely N-dealkylation sites (N-methyl/N-ethyl adjacent to an activating group) is 1. The third-order valence-corrected chi connectivity index (χ3v) is 5.04. The Balaban J connectivity index is 1.58. The molecule has 0 unspecified atom stereocenters. The molecule has 0 fully saturated rings. The van der Waals surface area contributed by atoms with Crippen molar-refractivity contribution in [1.82, 2.24) is 15.2 Å². The monoisotopic (exact) mass is 383 g/mol. The lowest BCUT2D eigenvalue weighted by atomic mass is 10.2. The highest BCUT2D eigenvalue weighted by Crippen LogP contribution is 2.22. The van der Waals surface area contributed by atoms with Gasteiger partial charge in [0.15, 0.2) is 6.61 Å². The number of benzene rings is 2. The molecule has 0 atom stereocenters. The van der Waals surface area contributed by atoms with Gasteiger partial charge in [-0.1, -0.05) is 24.3 Å². The van der Waals surface area contributed by atoms with Crippen molar-refractivity contribution in [3.63, 3.8) is 0 Å². The predicted molar refractivity (Wildman–Crippen MR) is 106 cm³/mol. The van der Waals surface area contributed by atoms with Crippen LogP contribution in [0.4, 0.5) is 0 Å². The van der Waals surface area contributed by atoms with E-state index in [1.54, 1.807) is 49.7 Å². The van der Waals surface area contributed by atoms with E-state index in [2.05, 4.69) is 10.3 Å². The van der Waals surface area contributed by atoms with Crippen LogP contribution in [0.1, 0.15) is 15.4 Å². The maximum absolute atomic E-state index is 12.5. The Bertz CT molecular complexity index is 919. The van der Waals surface area contributed by atoms with Gasteiger partial charge in [-0.3, -0.25) is 9.59 Å². The van der Waals surface area contributed by atoms with Gasteiger partial charge in [-0.15, -0.1) is 11.3 Å². The summed E-state index contributed by atoms with van der Waals surface area (Å²) in [5.74, 6) is -0.00440. The molecule has 0 spiro atoms. The highest BCUT2D eigenvalue weighted by molar-refractivity contribution is 7.18. The third kappa shape index (κ3) is 4.83. The third-order valence-electron chi connectivity index (χ3n) is 3.94. The van der Waals surface area contributed by atoms with Crippen LogP contribution in [-0.4, -0.2) is 48.9 Å². The van der Waals surface area contributed by atoms with Crippen LogP contribution in [0.2, 0.25) is 0 Å². The Hall–Kier alpha value is -2.93. The lowest BCUT2D eigenvalue weighted by Gasteiger charge is -2.13. The van der Waals surface area contributed by atoms with Gasteiger partial charge in [0.2, 0.25) is 0 Å². The number of thiazole rings is 1. The van der Waals surface area contributed by atoms with Crippen molar-refractivity contribution in [3.05, 3.63) is 59.1 Å². The fourth-order valence-electron chi connectivity index (χ4n) is 2.45. The summed E-state index contributed by atoms with van der Waals surface area (Å²) in [6.45, 7) is 0.368. The maximum atomic E-state index is 12.5. The van der Waals surface area contributed by atoms with Gasteiger partial charge in [-0.2, -0.15) is 0 Å². The molecule has 0 radical (unpaired) electrons. The molecule has 2 amide bonds. The molecule has 1 heterocycles. The molecule has 140 valence electrons. The SMILES string of the molecule is CN(C)C(=O)COc1ccccc1C(=O)NCCc1nc2ccccc2s1. The quantitative estimate of drug-likeness (QED) is 0.681. The Morgan fingerprint density at radius 2 is 1.85 bits per heavy atom. The second-order valence-electron chi connectivity index (χ2n) is 6.15. The smallest absolute Gasteiger partial charge is 0.259 e. The first-order valence-electron chi connectivity index (χ1n) is 8.59. The standard InChI is InChI=1S/C20H21N3O3S/c1-23(2)19(24)13-26-16-9-5-3-7-14(16)20(25)21-12-11-18-22-15-8-4-6-10-17(15)27-18/h3-10H,11-13H2,1-2H3,(H,21,25). The van der Waals surface area contributed by atoms with Gasteiger partial charge < -0.3 is 15.0 Å². The van der Waals surface area contributed by atoms with E-state index < -0.39 is 0 Å². The molecular formula is C20H21N3O3S. The Kier molecular flexibility index (Phi) is 6.03. The van der Waals surface area contributed by atoms with Crippen LogP contribution in [0, 0.1) is 0 Å². The normalized spacial score (nSPS) is 10.6. The van der Waals surface area contributed by atoms with Crippen LogP contribution < -0.4 is 10.1 Å². The molecule has 3 aromatic rings. The average molecular weight is 383 g/mol. The van der Waals surface area contributed by atoms with Crippen LogP contribution in [0.25, 0.3) is 10.2 Å². The van der Waals surface area contributed by atoms with Crippen LogP contribution in [0.15, 0.2) is 48.5 Å². The first-order chi connectivity index (χ1) is 13.0. The molecule has 1 aromatic heterocycles. The van der Waals surface area contributed by atoms with Gasteiger partial charge in [-0.25, -0.2) is 4.98 Å². The molecule has 0 saturated carbocycles. The van der Waals surface area contributed by atoms with Crippen molar-refractivity contribution in [2.24, 2.45) is 0 Å². The minimum absolute atomic E-state index is 0.108. The summed E-state index contributed by atoms with van der Waals surface area (Å²) < 4.78 is 6.67. The zero-order valence-corrected chi connectivity index (χ0v) is 16.1. The average Bonchev–Trinajstić information content (AvgIpc) is 3.08. The fourth-order valence-corrected chi connectivity index (χ4v) is 3.42. The van der Waals surface area contributed by atoms with Crippen molar-refractivity contribution < 1.29 is 14.3 Å². The zero-order valence-electron chi connectivity index (χ0n) is 15.3. The number of aromatic nitrogens is 1. The minimum Gasteiger partial charge on any atom is -0.483 e. The molecule has 6 nitrogen and oxygen atoms in total. The molecular weight excluding hydrogens is 362 g/mol. The van der Waals surface area contributed by atoms with E-state index in [1.165, 1.54) is 4.90 Å². The number of fused-ring (bicyclic) bond motifs is 1. The van der Waals surface area contributed by atoms with Crippen molar-refractivity contribution in [2.45, 2.75) is 6.42 Å². The molecule has 3 rings (SSSR count). The molecule has 0 aliphatic heterocycles. The van der Waals surface area contributed by atoms with E-state index in [1.807, 2.05) is 24.3 Å². The van der Waals surface area contributed by atoms with Crippen LogP contribution in [0.3, 0.4) is 0 Å². The number of hydrogen-bond donors (Lipinski definition) is 1. The van der Waals surface area contributed by atoms with E-state index in [4.69, 9.17) is 4.74 Å². The van der Waals surface area contributed by atoms with Gasteiger partial charge in [0.05, 0.1) is 20.8 Å². The summed E-state index contributed by atoms with van der Waals surface area (Å²) >= 11 is 1.63. The van der Waals surface area contributed by atoms with Gasteiger partial charge >= 0.3 is 0 Å². The first kappa shape index (κ1) is 18.8. The summed E-state index contributed by atoms with van der Waals surface area (Å²) in [5.41, 5.74) is 1.39. The molecule has 27 heavy (non-hydrogen) atoms. The molecule has 0 aliphatic rings. The Labute approximate surface area is 161 Å². The molecule has 0 bridgehead atoms. The number of carbonyl (C=O) groups excluding carboxylic acids is 2. The van der Waals surface area contributed by atoms with E-state index in [0.717, 1.165) is 15.2 Å². The van der Waals surface area contributed by atoms with Crippen molar-refractivity contribution >= 4 is 33.4 Å². The summed E-state index contributed by atoms with van der Waals surface area (Å²) in [7, 11) is 3.32. The zero-order chi connectivity index (χ0) is 19.2. The largest absolute Gasteiger partial charge is 0.483 e. The highest BCUT2D eigenvalue weighted by Gasteiger charge is 2.14. The molecule has 0 saturated heterocycles. The van der Waals surface area contributed by atoms with Gasteiger partial charge in [0.1, 0.15) is 5.75 Å². The number of ether oxygens (including phenoxy) is 1. The lowest BCUT2D eigenvalue weighted by Crippen LogP contribution is -2.29. The summed E-state index contributed by atoms with van der Waals surface area (Å²) in [5, 5.41) is 3.88. The van der Waals surface area contributed by atoms with E-state index in [0.29, 0.717) is 24.3 Å². The number of amides is 2. The van der Waals surface area contributed by atoms with Crippen molar-refractivity contribution in [1.29, 1.82) is 0 Å². The Morgan fingerprint density at radius 1 is 1.11 bits per heavy atom. The van der Waals surface area contributed by atoms with Crippen LogP contribution >= 0.6 is 11.3 Å². The van der Waals surface area contributed by atoms with Gasteiger partial charge in [0, 0.05) is 27.1 Å². The molecule has 2 aromatic carbocycles.